The van der Waals surface area contributed by atoms with Gasteiger partial charge in [0, 0.05) is 25.1 Å². The van der Waals surface area contributed by atoms with Crippen LogP contribution in [0.4, 0.5) is 0 Å². The molecular weight excluding hydrogens is 334 g/mol. The van der Waals surface area contributed by atoms with Crippen molar-refractivity contribution in [2.24, 2.45) is 0 Å². The Morgan fingerprint density at radius 1 is 1.12 bits per heavy atom. The summed E-state index contributed by atoms with van der Waals surface area (Å²) in [6.07, 6.45) is 0.901. The van der Waals surface area contributed by atoms with Gasteiger partial charge in [-0.25, -0.2) is 0 Å². The van der Waals surface area contributed by atoms with E-state index in [-0.39, 0.29) is 6.10 Å². The lowest BCUT2D eigenvalue weighted by atomic mass is 10.1. The molecule has 2 aromatic carbocycles. The van der Waals surface area contributed by atoms with Crippen molar-refractivity contribution in [3.8, 4) is 28.7 Å². The Morgan fingerprint density at radius 2 is 2.00 bits per heavy atom. The molecule has 1 atom stereocenters. The smallest absolute Gasteiger partial charge is 0.203 e. The standard InChI is InChI=1S/C20H23NO5/c1-22-18-7-6-14-8-10-23-19(14)20(18)24-11-9-21-12-15-13-25-16-4-2-3-5-17(16)26-15/h2-7,15,21H,8-13H2,1H3/t15-/m1/s1. The van der Waals surface area contributed by atoms with Crippen LogP contribution in [0.2, 0.25) is 0 Å². The highest BCUT2D eigenvalue weighted by Gasteiger charge is 2.22. The molecule has 6 nitrogen and oxygen atoms in total. The highest BCUT2D eigenvalue weighted by molar-refractivity contribution is 5.57. The van der Waals surface area contributed by atoms with Crippen LogP contribution in [0.1, 0.15) is 5.56 Å². The zero-order valence-corrected chi connectivity index (χ0v) is 14.8. The summed E-state index contributed by atoms with van der Waals surface area (Å²) < 4.78 is 28.7. The van der Waals surface area contributed by atoms with Crippen molar-refractivity contribution >= 4 is 0 Å². The van der Waals surface area contributed by atoms with Gasteiger partial charge in [-0.2, -0.15) is 0 Å². The van der Waals surface area contributed by atoms with Gasteiger partial charge in [0.25, 0.3) is 0 Å². The van der Waals surface area contributed by atoms with Crippen molar-refractivity contribution in [3.63, 3.8) is 0 Å². The second-order valence-electron chi connectivity index (χ2n) is 6.23. The van der Waals surface area contributed by atoms with Crippen LogP contribution < -0.4 is 29.0 Å². The van der Waals surface area contributed by atoms with Crippen molar-refractivity contribution < 1.29 is 23.7 Å². The second kappa shape index (κ2) is 7.74. The van der Waals surface area contributed by atoms with Gasteiger partial charge in [0.05, 0.1) is 13.7 Å². The van der Waals surface area contributed by atoms with Gasteiger partial charge >= 0.3 is 0 Å². The summed E-state index contributed by atoms with van der Waals surface area (Å²) >= 11 is 0. The lowest BCUT2D eigenvalue weighted by Crippen LogP contribution is -2.39. The number of rotatable bonds is 7. The zero-order valence-electron chi connectivity index (χ0n) is 14.8. The molecule has 6 heteroatoms. The van der Waals surface area contributed by atoms with E-state index in [1.165, 1.54) is 5.56 Å². The van der Waals surface area contributed by atoms with Crippen LogP contribution in [0.3, 0.4) is 0 Å². The molecule has 2 aliphatic heterocycles. The van der Waals surface area contributed by atoms with Gasteiger partial charge < -0.3 is 29.0 Å². The van der Waals surface area contributed by atoms with Crippen LogP contribution >= 0.6 is 0 Å². The van der Waals surface area contributed by atoms with Gasteiger partial charge in [-0.1, -0.05) is 18.2 Å². The van der Waals surface area contributed by atoms with Gasteiger partial charge in [-0.15, -0.1) is 0 Å². The van der Waals surface area contributed by atoms with Crippen LogP contribution in [-0.4, -0.2) is 46.1 Å². The average molecular weight is 357 g/mol. The number of benzene rings is 2. The van der Waals surface area contributed by atoms with E-state index in [1.807, 2.05) is 36.4 Å². The zero-order chi connectivity index (χ0) is 17.8. The van der Waals surface area contributed by atoms with Gasteiger partial charge in [-0.3, -0.25) is 0 Å². The molecule has 1 N–H and O–H groups in total. The third kappa shape index (κ3) is 3.51. The molecule has 0 amide bonds. The molecule has 0 unspecified atom stereocenters. The molecule has 0 saturated heterocycles. The van der Waals surface area contributed by atoms with Gasteiger partial charge in [0.1, 0.15) is 19.3 Å². The molecule has 2 aromatic rings. The highest BCUT2D eigenvalue weighted by atomic mass is 16.6. The number of nitrogens with one attached hydrogen (secondary N) is 1. The normalized spacial score (nSPS) is 17.3. The maximum Gasteiger partial charge on any atom is 0.203 e. The Labute approximate surface area is 153 Å². The van der Waals surface area contributed by atoms with E-state index < -0.39 is 0 Å². The molecule has 2 aliphatic rings. The number of hydrogen-bond donors (Lipinski definition) is 1. The maximum atomic E-state index is 5.93. The monoisotopic (exact) mass is 357 g/mol. The molecule has 138 valence electrons. The van der Waals surface area contributed by atoms with Crippen LogP contribution in [-0.2, 0) is 6.42 Å². The first-order valence-electron chi connectivity index (χ1n) is 8.90. The van der Waals surface area contributed by atoms with E-state index in [4.69, 9.17) is 23.7 Å². The molecule has 0 radical (unpaired) electrons. The van der Waals surface area contributed by atoms with Gasteiger partial charge in [0.2, 0.25) is 5.75 Å². The summed E-state index contributed by atoms with van der Waals surface area (Å²) in [6.45, 7) is 3.13. The Kier molecular flexibility index (Phi) is 5.02. The van der Waals surface area contributed by atoms with Crippen LogP contribution in [0.15, 0.2) is 36.4 Å². The number of fused-ring (bicyclic) bond motifs is 2. The first-order chi connectivity index (χ1) is 12.8. The predicted octanol–water partition coefficient (Wildman–Crippen LogP) is 2.44. The van der Waals surface area contributed by atoms with Crippen LogP contribution in [0, 0.1) is 0 Å². The summed E-state index contributed by atoms with van der Waals surface area (Å²) in [5.74, 6) is 3.80. The average Bonchev–Trinajstić information content (AvgIpc) is 3.16. The summed E-state index contributed by atoms with van der Waals surface area (Å²) in [7, 11) is 1.64. The topological polar surface area (TPSA) is 58.2 Å². The minimum absolute atomic E-state index is 0.0104. The minimum atomic E-state index is -0.0104. The number of hydrogen-bond acceptors (Lipinski definition) is 6. The molecule has 0 bridgehead atoms. The van der Waals surface area contributed by atoms with E-state index in [1.54, 1.807) is 7.11 Å². The van der Waals surface area contributed by atoms with Gasteiger partial charge in [-0.05, 0) is 18.2 Å². The van der Waals surface area contributed by atoms with Crippen molar-refractivity contribution in [2.75, 3.05) is 40.0 Å². The van der Waals surface area contributed by atoms with Gasteiger partial charge in [0.15, 0.2) is 23.0 Å². The molecule has 4 rings (SSSR count). The molecular formula is C20H23NO5. The molecule has 0 saturated carbocycles. The Balaban J connectivity index is 1.25. The number of ether oxygens (including phenoxy) is 5. The lowest BCUT2D eigenvalue weighted by Gasteiger charge is -2.26. The first-order valence-corrected chi connectivity index (χ1v) is 8.90. The van der Waals surface area contributed by atoms with E-state index in [0.29, 0.717) is 44.4 Å². The second-order valence-corrected chi connectivity index (χ2v) is 6.23. The maximum absolute atomic E-state index is 5.93. The predicted molar refractivity (Wildman–Crippen MR) is 96.9 cm³/mol. The molecule has 0 fully saturated rings. The Bertz CT molecular complexity index is 764. The van der Waals surface area contributed by atoms with E-state index in [2.05, 4.69) is 5.32 Å². The van der Waals surface area contributed by atoms with Crippen molar-refractivity contribution in [1.29, 1.82) is 0 Å². The minimum Gasteiger partial charge on any atom is -0.493 e. The SMILES string of the molecule is COc1ccc2c(c1OCCNC[C@@H]1COc3ccccc3O1)OCC2. The molecule has 2 heterocycles. The summed E-state index contributed by atoms with van der Waals surface area (Å²) in [5.41, 5.74) is 1.17. The quantitative estimate of drug-likeness (QED) is 0.768. The number of para-hydroxylation sites is 2. The first kappa shape index (κ1) is 16.8. The fraction of sp³-hybridized carbons (Fsp3) is 0.400. The Morgan fingerprint density at radius 3 is 2.88 bits per heavy atom. The third-order valence-corrected chi connectivity index (χ3v) is 4.46. The largest absolute Gasteiger partial charge is 0.493 e. The third-order valence-electron chi connectivity index (χ3n) is 4.46. The summed E-state index contributed by atoms with van der Waals surface area (Å²) in [6, 6.07) is 11.7. The fourth-order valence-corrected chi connectivity index (χ4v) is 3.15. The van der Waals surface area contributed by atoms with Crippen molar-refractivity contribution in [3.05, 3.63) is 42.0 Å². The van der Waals surface area contributed by atoms with Crippen molar-refractivity contribution in [2.45, 2.75) is 12.5 Å². The molecule has 0 aliphatic carbocycles. The van der Waals surface area contributed by atoms with Crippen LogP contribution in [0.5, 0.6) is 28.7 Å². The molecule has 0 aromatic heterocycles. The van der Waals surface area contributed by atoms with Crippen LogP contribution in [0.25, 0.3) is 0 Å². The number of methoxy groups -OCH3 is 1. The van der Waals surface area contributed by atoms with E-state index in [0.717, 1.165) is 23.7 Å². The molecule has 26 heavy (non-hydrogen) atoms. The summed E-state index contributed by atoms with van der Waals surface area (Å²) in [4.78, 5) is 0. The van der Waals surface area contributed by atoms with E-state index >= 15 is 0 Å². The lowest BCUT2D eigenvalue weighted by molar-refractivity contribution is 0.0896. The fourth-order valence-electron chi connectivity index (χ4n) is 3.15. The van der Waals surface area contributed by atoms with Crippen molar-refractivity contribution in [1.82, 2.24) is 5.32 Å². The van der Waals surface area contributed by atoms with E-state index in [9.17, 15) is 0 Å². The summed E-state index contributed by atoms with van der Waals surface area (Å²) in [5, 5.41) is 3.35. The highest BCUT2D eigenvalue weighted by Crippen LogP contribution is 2.42. The Hall–Kier alpha value is -2.60. The molecule has 0 spiro atoms.